The molecule has 4 fully saturated rings. The molecule has 0 amide bonds. The lowest BCUT2D eigenvalue weighted by Crippen LogP contribution is -2.52. The quantitative estimate of drug-likeness (QED) is 0.511. The van der Waals surface area contributed by atoms with Crippen molar-refractivity contribution in [2.24, 2.45) is 40.4 Å². The highest BCUT2D eigenvalue weighted by atomic mass is 16.3. The van der Waals surface area contributed by atoms with Gasteiger partial charge in [0.05, 0.1) is 6.10 Å². The molecule has 8 atom stereocenters. The topological polar surface area (TPSA) is 26.7 Å². The van der Waals surface area contributed by atoms with Gasteiger partial charge < -0.3 is 10.0 Å². The summed E-state index contributed by atoms with van der Waals surface area (Å²) in [6.07, 6.45) is 12.7. The molecule has 1 heterocycles. The van der Waals surface area contributed by atoms with Gasteiger partial charge in [-0.2, -0.15) is 0 Å². The molecule has 1 aliphatic heterocycles. The number of hydrogen-bond acceptors (Lipinski definition) is 3. The molecular weight excluding hydrogens is 428 g/mol. The maximum atomic E-state index is 10.3. The first-order chi connectivity index (χ1) is 16.9. The van der Waals surface area contributed by atoms with Crippen LogP contribution in [0.15, 0.2) is 42.0 Å². The van der Waals surface area contributed by atoms with E-state index >= 15 is 0 Å². The number of fused-ring (bicyclic) bond motifs is 5. The molecule has 1 aromatic rings. The van der Waals surface area contributed by atoms with Crippen LogP contribution < -0.4 is 4.90 Å². The van der Waals surface area contributed by atoms with Crippen LogP contribution in [0.1, 0.15) is 72.1 Å². The van der Waals surface area contributed by atoms with Gasteiger partial charge in [-0.3, -0.25) is 4.90 Å². The van der Waals surface area contributed by atoms with Crippen LogP contribution in [0, 0.1) is 40.4 Å². The summed E-state index contributed by atoms with van der Waals surface area (Å²) in [5.74, 6) is 4.31. The van der Waals surface area contributed by atoms with Gasteiger partial charge >= 0.3 is 0 Å². The van der Waals surface area contributed by atoms with Gasteiger partial charge in [-0.25, -0.2) is 0 Å². The number of aliphatic hydroxyl groups is 1. The molecule has 5 aliphatic rings. The molecule has 3 nitrogen and oxygen atoms in total. The minimum absolute atomic E-state index is 0.0917. The fraction of sp³-hybridized carbons (Fsp3) is 0.750. The van der Waals surface area contributed by atoms with E-state index in [-0.39, 0.29) is 6.10 Å². The highest BCUT2D eigenvalue weighted by Gasteiger charge is 2.59. The Morgan fingerprint density at radius 1 is 0.943 bits per heavy atom. The van der Waals surface area contributed by atoms with E-state index in [9.17, 15) is 5.11 Å². The summed E-state index contributed by atoms with van der Waals surface area (Å²) in [5, 5.41) is 10.3. The Bertz CT molecular complexity index is 921. The molecule has 1 aromatic carbocycles. The van der Waals surface area contributed by atoms with E-state index in [0.717, 1.165) is 55.5 Å². The summed E-state index contributed by atoms with van der Waals surface area (Å²) >= 11 is 0. The number of aliphatic hydroxyl groups excluding tert-OH is 1. The highest BCUT2D eigenvalue weighted by Crippen LogP contribution is 2.67. The predicted octanol–water partition coefficient (Wildman–Crippen LogP) is 6.38. The molecule has 2 unspecified atom stereocenters. The molecule has 35 heavy (non-hydrogen) atoms. The minimum atomic E-state index is -0.0917. The highest BCUT2D eigenvalue weighted by molar-refractivity contribution is 5.46. The van der Waals surface area contributed by atoms with Crippen LogP contribution in [-0.2, 0) is 0 Å². The van der Waals surface area contributed by atoms with Gasteiger partial charge in [0.1, 0.15) is 0 Å². The third kappa shape index (κ3) is 4.09. The van der Waals surface area contributed by atoms with Gasteiger partial charge in [0, 0.05) is 38.4 Å². The molecule has 4 aliphatic carbocycles. The Labute approximate surface area is 214 Å². The summed E-state index contributed by atoms with van der Waals surface area (Å²) in [4.78, 5) is 5.32. The molecule has 0 aromatic heterocycles. The average Bonchev–Trinajstić information content (AvgIpc) is 3.23. The molecular formula is C32H48N2O. The zero-order valence-corrected chi connectivity index (χ0v) is 22.5. The fourth-order valence-electron chi connectivity index (χ4n) is 9.98. The second kappa shape index (κ2) is 9.21. The first-order valence-electron chi connectivity index (χ1n) is 14.8. The van der Waals surface area contributed by atoms with E-state index in [0.29, 0.717) is 10.8 Å². The summed E-state index contributed by atoms with van der Waals surface area (Å²) in [7, 11) is 0. The summed E-state index contributed by atoms with van der Waals surface area (Å²) in [6.45, 7) is 13.8. The minimum Gasteiger partial charge on any atom is -0.393 e. The van der Waals surface area contributed by atoms with Crippen molar-refractivity contribution < 1.29 is 5.11 Å². The van der Waals surface area contributed by atoms with E-state index in [4.69, 9.17) is 0 Å². The summed E-state index contributed by atoms with van der Waals surface area (Å²) < 4.78 is 0. The number of rotatable bonds is 4. The molecule has 3 saturated carbocycles. The van der Waals surface area contributed by atoms with Crippen molar-refractivity contribution in [1.29, 1.82) is 0 Å². The van der Waals surface area contributed by atoms with Crippen molar-refractivity contribution >= 4 is 5.69 Å². The normalized spacial score (nSPS) is 42.6. The first-order valence-corrected chi connectivity index (χ1v) is 14.8. The van der Waals surface area contributed by atoms with E-state index in [1.54, 1.807) is 5.57 Å². The van der Waals surface area contributed by atoms with Crippen molar-refractivity contribution in [2.75, 3.05) is 37.6 Å². The van der Waals surface area contributed by atoms with Crippen LogP contribution >= 0.6 is 0 Å². The molecule has 0 bridgehead atoms. The SMILES string of the molecule is CC(CN1CCN(c2ccccc2)CC1)[C@H]1CC[C@H]2[C@@H]3CC=C4CC(O)CC[C@]4(C)[C@H]3CC[C@]12C. The smallest absolute Gasteiger partial charge is 0.0577 e. The molecule has 1 saturated heterocycles. The van der Waals surface area contributed by atoms with Gasteiger partial charge in [-0.1, -0.05) is 50.6 Å². The lowest BCUT2D eigenvalue weighted by atomic mass is 9.47. The van der Waals surface area contributed by atoms with Crippen molar-refractivity contribution in [3.8, 4) is 0 Å². The Morgan fingerprint density at radius 3 is 2.49 bits per heavy atom. The number of hydrogen-bond donors (Lipinski definition) is 1. The van der Waals surface area contributed by atoms with Crippen LogP contribution in [0.4, 0.5) is 5.69 Å². The van der Waals surface area contributed by atoms with Crippen molar-refractivity contribution in [2.45, 2.75) is 78.2 Å². The third-order valence-corrected chi connectivity index (χ3v) is 11.9. The molecule has 192 valence electrons. The largest absolute Gasteiger partial charge is 0.393 e. The van der Waals surface area contributed by atoms with Crippen LogP contribution in [0.3, 0.4) is 0 Å². The van der Waals surface area contributed by atoms with E-state index in [2.05, 4.69) is 67.0 Å². The third-order valence-electron chi connectivity index (χ3n) is 11.9. The molecule has 0 spiro atoms. The van der Waals surface area contributed by atoms with Gasteiger partial charge in [0.15, 0.2) is 0 Å². The number of anilines is 1. The summed E-state index contributed by atoms with van der Waals surface area (Å²) in [5.41, 5.74) is 3.89. The zero-order valence-electron chi connectivity index (χ0n) is 22.5. The predicted molar refractivity (Wildman–Crippen MR) is 145 cm³/mol. The number of allylic oxidation sites excluding steroid dienone is 1. The average molecular weight is 477 g/mol. The van der Waals surface area contributed by atoms with Crippen molar-refractivity contribution in [3.63, 3.8) is 0 Å². The number of benzene rings is 1. The van der Waals surface area contributed by atoms with Crippen molar-refractivity contribution in [1.82, 2.24) is 4.90 Å². The van der Waals surface area contributed by atoms with E-state index < -0.39 is 0 Å². The molecule has 0 radical (unpaired) electrons. The van der Waals surface area contributed by atoms with Gasteiger partial charge in [-0.05, 0) is 104 Å². The van der Waals surface area contributed by atoms with Crippen LogP contribution in [0.5, 0.6) is 0 Å². The van der Waals surface area contributed by atoms with E-state index in [1.807, 2.05) is 0 Å². The Morgan fingerprint density at radius 2 is 1.71 bits per heavy atom. The van der Waals surface area contributed by atoms with Crippen LogP contribution in [0.25, 0.3) is 0 Å². The number of piperazine rings is 1. The van der Waals surface area contributed by atoms with Gasteiger partial charge in [-0.15, -0.1) is 0 Å². The Balaban J connectivity index is 1.10. The molecule has 3 heteroatoms. The van der Waals surface area contributed by atoms with E-state index in [1.165, 1.54) is 63.8 Å². The van der Waals surface area contributed by atoms with Crippen molar-refractivity contribution in [3.05, 3.63) is 42.0 Å². The van der Waals surface area contributed by atoms with Gasteiger partial charge in [0.2, 0.25) is 0 Å². The Kier molecular flexibility index (Phi) is 6.33. The van der Waals surface area contributed by atoms with Crippen LogP contribution in [0.2, 0.25) is 0 Å². The molecule has 6 rings (SSSR count). The standard InChI is InChI=1S/C32H48N2O/c1-23(22-33-17-19-34(20-18-33)25-7-5-4-6-8-25)28-11-12-29-27-10-9-24-21-26(35)13-15-31(24,2)30(27)14-16-32(28,29)3/h4-9,23,26-30,35H,10-22H2,1-3H3/t23?,26?,27-,28+,29-,30-,31-,32+/m0/s1. The second-order valence-corrected chi connectivity index (χ2v) is 13.5. The zero-order chi connectivity index (χ0) is 24.2. The maximum Gasteiger partial charge on any atom is 0.0577 e. The molecule has 1 N–H and O–H groups in total. The number of para-hydroxylation sites is 1. The van der Waals surface area contributed by atoms with Crippen LogP contribution in [-0.4, -0.2) is 48.8 Å². The Hall–Kier alpha value is -1.32. The lowest BCUT2D eigenvalue weighted by Gasteiger charge is -2.58. The first kappa shape index (κ1) is 24.0. The monoisotopic (exact) mass is 476 g/mol. The maximum absolute atomic E-state index is 10.3. The fourth-order valence-corrected chi connectivity index (χ4v) is 9.98. The lowest BCUT2D eigenvalue weighted by molar-refractivity contribution is -0.0585. The number of nitrogens with zero attached hydrogens (tertiary/aromatic N) is 2. The summed E-state index contributed by atoms with van der Waals surface area (Å²) in [6, 6.07) is 11.0. The van der Waals surface area contributed by atoms with Gasteiger partial charge in [0.25, 0.3) is 0 Å². The second-order valence-electron chi connectivity index (χ2n) is 13.5.